The summed E-state index contributed by atoms with van der Waals surface area (Å²) in [6.45, 7) is 1.32. The van der Waals surface area contributed by atoms with E-state index in [9.17, 15) is 14.4 Å². The number of nitrogens with zero attached hydrogens (tertiary/aromatic N) is 1. The van der Waals surface area contributed by atoms with Gasteiger partial charge in [-0.25, -0.2) is 9.59 Å². The van der Waals surface area contributed by atoms with Crippen LogP contribution in [0.25, 0.3) is 0 Å². The zero-order valence-corrected chi connectivity index (χ0v) is 11.5. The maximum atomic E-state index is 11.7. The van der Waals surface area contributed by atoms with E-state index in [1.54, 1.807) is 30.3 Å². The average Bonchev–Trinajstić information content (AvgIpc) is 2.47. The minimum atomic E-state index is -0.876. The molecule has 1 amide bonds. The number of ether oxygens (including phenoxy) is 2. The number of anilines is 1. The monoisotopic (exact) mass is 277 g/mol. The van der Waals surface area contributed by atoms with E-state index in [1.165, 1.54) is 11.8 Å². The van der Waals surface area contributed by atoms with Crippen molar-refractivity contribution in [3.63, 3.8) is 0 Å². The second-order valence-electron chi connectivity index (χ2n) is 3.75. The minimum absolute atomic E-state index is 0.360. The number of methoxy groups -OCH3 is 2. The number of esters is 2. The molecular weight excluding hydrogens is 262 g/mol. The standard InChI is InChI=1S/C14H15NO5/c1-10(16)15(11-7-5-4-6-8-11)9-12(13(17)19-2)14(18)20-3/h4-9H,1-3H3. The molecule has 0 aromatic heterocycles. The number of rotatable bonds is 4. The van der Waals surface area contributed by atoms with E-state index in [-0.39, 0.29) is 11.5 Å². The van der Waals surface area contributed by atoms with E-state index >= 15 is 0 Å². The predicted molar refractivity (Wildman–Crippen MR) is 71.7 cm³/mol. The molecule has 0 bridgehead atoms. The highest BCUT2D eigenvalue weighted by Crippen LogP contribution is 2.16. The predicted octanol–water partition coefficient (Wildman–Crippen LogP) is 1.27. The second kappa shape index (κ2) is 7.08. The lowest BCUT2D eigenvalue weighted by molar-refractivity contribution is -0.144. The normalized spacial score (nSPS) is 9.35. The Morgan fingerprint density at radius 3 is 1.90 bits per heavy atom. The molecule has 0 radical (unpaired) electrons. The molecule has 20 heavy (non-hydrogen) atoms. The Kier molecular flexibility index (Phi) is 5.46. The molecule has 0 saturated heterocycles. The fourth-order valence-electron chi connectivity index (χ4n) is 1.47. The van der Waals surface area contributed by atoms with Gasteiger partial charge in [-0.05, 0) is 12.1 Å². The lowest BCUT2D eigenvalue weighted by Crippen LogP contribution is -2.26. The Labute approximate surface area is 116 Å². The van der Waals surface area contributed by atoms with Crippen molar-refractivity contribution in [2.24, 2.45) is 0 Å². The molecule has 0 aliphatic heterocycles. The number of hydrogen-bond acceptors (Lipinski definition) is 5. The molecule has 0 heterocycles. The van der Waals surface area contributed by atoms with Crippen LogP contribution in [0, 0.1) is 0 Å². The highest BCUT2D eigenvalue weighted by atomic mass is 16.5. The Balaban J connectivity index is 3.26. The van der Waals surface area contributed by atoms with Crippen LogP contribution in [0.2, 0.25) is 0 Å². The maximum absolute atomic E-state index is 11.7. The first-order chi connectivity index (χ1) is 9.51. The van der Waals surface area contributed by atoms with Crippen molar-refractivity contribution in [2.75, 3.05) is 19.1 Å². The summed E-state index contributed by atoms with van der Waals surface area (Å²) in [5, 5.41) is 0. The Morgan fingerprint density at radius 1 is 1.00 bits per heavy atom. The van der Waals surface area contributed by atoms with Crippen LogP contribution in [0.4, 0.5) is 5.69 Å². The maximum Gasteiger partial charge on any atom is 0.346 e. The molecule has 0 spiro atoms. The molecule has 1 aromatic rings. The van der Waals surface area contributed by atoms with Crippen LogP contribution in [0.3, 0.4) is 0 Å². The first-order valence-electron chi connectivity index (χ1n) is 5.74. The SMILES string of the molecule is COC(=O)C(=CN(C(C)=O)c1ccccc1)C(=O)OC. The summed E-state index contributed by atoms with van der Waals surface area (Å²) < 4.78 is 9.01. The molecule has 6 heteroatoms. The molecule has 0 saturated carbocycles. The summed E-state index contributed by atoms with van der Waals surface area (Å²) in [6, 6.07) is 8.59. The number of para-hydroxylation sites is 1. The molecule has 0 unspecified atom stereocenters. The smallest absolute Gasteiger partial charge is 0.346 e. The van der Waals surface area contributed by atoms with E-state index in [1.807, 2.05) is 0 Å². The van der Waals surface area contributed by atoms with E-state index in [2.05, 4.69) is 9.47 Å². The van der Waals surface area contributed by atoms with Crippen LogP contribution in [-0.2, 0) is 23.9 Å². The third-order valence-corrected chi connectivity index (χ3v) is 2.44. The van der Waals surface area contributed by atoms with Gasteiger partial charge in [0.2, 0.25) is 5.91 Å². The fraction of sp³-hybridized carbons (Fsp3) is 0.214. The van der Waals surface area contributed by atoms with E-state index in [0.29, 0.717) is 5.69 Å². The van der Waals surface area contributed by atoms with Crippen molar-refractivity contribution < 1.29 is 23.9 Å². The molecule has 0 N–H and O–H groups in total. The van der Waals surface area contributed by atoms with E-state index < -0.39 is 11.9 Å². The lowest BCUT2D eigenvalue weighted by Gasteiger charge is -2.17. The molecule has 106 valence electrons. The highest BCUT2D eigenvalue weighted by Gasteiger charge is 2.22. The van der Waals surface area contributed by atoms with E-state index in [0.717, 1.165) is 20.4 Å². The fourth-order valence-corrected chi connectivity index (χ4v) is 1.47. The van der Waals surface area contributed by atoms with Crippen molar-refractivity contribution in [3.8, 4) is 0 Å². The van der Waals surface area contributed by atoms with Crippen LogP contribution >= 0.6 is 0 Å². The van der Waals surface area contributed by atoms with Crippen LogP contribution < -0.4 is 4.90 Å². The third-order valence-electron chi connectivity index (χ3n) is 2.44. The Hall–Kier alpha value is -2.63. The summed E-state index contributed by atoms with van der Waals surface area (Å²) in [7, 11) is 2.28. The van der Waals surface area contributed by atoms with Gasteiger partial charge >= 0.3 is 11.9 Å². The van der Waals surface area contributed by atoms with Gasteiger partial charge in [-0.15, -0.1) is 0 Å². The number of benzene rings is 1. The zero-order valence-electron chi connectivity index (χ0n) is 11.5. The van der Waals surface area contributed by atoms with Crippen LogP contribution in [0.15, 0.2) is 42.1 Å². The summed E-state index contributed by atoms with van der Waals surface area (Å²) in [4.78, 5) is 36.0. The summed E-state index contributed by atoms with van der Waals surface area (Å²) in [5.41, 5.74) is 0.152. The van der Waals surface area contributed by atoms with Gasteiger partial charge in [0.25, 0.3) is 0 Å². The van der Waals surface area contributed by atoms with Crippen LogP contribution in [-0.4, -0.2) is 32.1 Å². The molecular formula is C14H15NO5. The van der Waals surface area contributed by atoms with Crippen molar-refractivity contribution in [2.45, 2.75) is 6.92 Å². The molecule has 0 aliphatic carbocycles. The Bertz CT molecular complexity index is 518. The largest absolute Gasteiger partial charge is 0.465 e. The highest BCUT2D eigenvalue weighted by molar-refractivity contribution is 6.15. The quantitative estimate of drug-likeness (QED) is 0.358. The van der Waals surface area contributed by atoms with Crippen molar-refractivity contribution >= 4 is 23.5 Å². The average molecular weight is 277 g/mol. The van der Waals surface area contributed by atoms with Crippen LogP contribution in [0.1, 0.15) is 6.92 Å². The Morgan fingerprint density at radius 2 is 1.50 bits per heavy atom. The summed E-state index contributed by atoms with van der Waals surface area (Å²) in [5.74, 6) is -2.11. The number of hydrogen-bond donors (Lipinski definition) is 0. The molecule has 1 aromatic carbocycles. The van der Waals surface area contributed by atoms with Crippen molar-refractivity contribution in [1.82, 2.24) is 0 Å². The number of carbonyl (C=O) groups excluding carboxylic acids is 3. The van der Waals surface area contributed by atoms with Gasteiger partial charge in [0.05, 0.1) is 14.2 Å². The van der Waals surface area contributed by atoms with Gasteiger partial charge in [-0.1, -0.05) is 18.2 Å². The summed E-state index contributed by atoms with van der Waals surface area (Å²) in [6.07, 6.45) is 1.11. The molecule has 1 rings (SSSR count). The van der Waals surface area contributed by atoms with Gasteiger partial charge in [0.1, 0.15) is 0 Å². The first kappa shape index (κ1) is 15.4. The zero-order chi connectivity index (χ0) is 15.1. The molecule has 0 fully saturated rings. The van der Waals surface area contributed by atoms with Gasteiger partial charge in [0.15, 0.2) is 5.57 Å². The lowest BCUT2D eigenvalue weighted by atomic mass is 10.2. The van der Waals surface area contributed by atoms with Gasteiger partial charge in [0, 0.05) is 18.8 Å². The van der Waals surface area contributed by atoms with Gasteiger partial charge < -0.3 is 9.47 Å². The topological polar surface area (TPSA) is 72.9 Å². The third kappa shape index (κ3) is 3.68. The number of amides is 1. The second-order valence-corrected chi connectivity index (χ2v) is 3.75. The minimum Gasteiger partial charge on any atom is -0.465 e. The van der Waals surface area contributed by atoms with E-state index in [4.69, 9.17) is 0 Å². The van der Waals surface area contributed by atoms with Crippen molar-refractivity contribution in [3.05, 3.63) is 42.1 Å². The molecule has 0 aliphatic rings. The molecule has 6 nitrogen and oxygen atoms in total. The van der Waals surface area contributed by atoms with Crippen molar-refractivity contribution in [1.29, 1.82) is 0 Å². The van der Waals surface area contributed by atoms with Gasteiger partial charge in [-0.3, -0.25) is 9.69 Å². The number of carbonyl (C=O) groups is 3. The summed E-state index contributed by atoms with van der Waals surface area (Å²) >= 11 is 0. The first-order valence-corrected chi connectivity index (χ1v) is 5.74. The van der Waals surface area contributed by atoms with Gasteiger partial charge in [-0.2, -0.15) is 0 Å². The molecule has 0 atom stereocenters. The van der Waals surface area contributed by atoms with Crippen LogP contribution in [0.5, 0.6) is 0 Å².